The van der Waals surface area contributed by atoms with Gasteiger partial charge in [0.15, 0.2) is 0 Å². The monoisotopic (exact) mass is 316 g/mol. The van der Waals surface area contributed by atoms with Crippen LogP contribution in [0.3, 0.4) is 0 Å². The van der Waals surface area contributed by atoms with Gasteiger partial charge in [-0.3, -0.25) is 4.79 Å². The van der Waals surface area contributed by atoms with E-state index in [9.17, 15) is 9.90 Å². The summed E-state index contributed by atoms with van der Waals surface area (Å²) >= 11 is 11.7. The quantitative estimate of drug-likeness (QED) is 0.665. The molecule has 2 rings (SSSR count). The third-order valence-corrected chi connectivity index (χ3v) is 4.19. The highest BCUT2D eigenvalue weighted by atomic mass is 35.5. The maximum atomic E-state index is 12.1. The van der Waals surface area contributed by atoms with Gasteiger partial charge in [-0.25, -0.2) is 4.98 Å². The number of carbonyl (C=O) groups is 1. The van der Waals surface area contributed by atoms with Gasteiger partial charge in [0.1, 0.15) is 5.15 Å². The Labute approximate surface area is 128 Å². The second-order valence-electron chi connectivity index (χ2n) is 5.31. The van der Waals surface area contributed by atoms with Gasteiger partial charge in [0.05, 0.1) is 16.2 Å². The zero-order valence-electron chi connectivity index (χ0n) is 11.2. The van der Waals surface area contributed by atoms with E-state index in [1.54, 1.807) is 0 Å². The number of nitrogens with zero attached hydrogens (tertiary/aromatic N) is 1. The normalized spacial score (nSPS) is 18.4. The van der Waals surface area contributed by atoms with Crippen LogP contribution in [0.1, 0.15) is 48.9 Å². The van der Waals surface area contributed by atoms with Crippen molar-refractivity contribution in [2.45, 2.75) is 44.1 Å². The number of halogens is 2. The number of aromatic nitrogens is 1. The number of carbonyl (C=O) groups excluding carboxylic acids is 1. The Morgan fingerprint density at radius 1 is 1.30 bits per heavy atom. The van der Waals surface area contributed by atoms with Crippen LogP contribution in [0.4, 0.5) is 0 Å². The average Bonchev–Trinajstić information content (AvgIpc) is 2.64. The summed E-state index contributed by atoms with van der Waals surface area (Å²) in [5.41, 5.74) is -0.529. The molecule has 2 N–H and O–H groups in total. The summed E-state index contributed by atoms with van der Waals surface area (Å²) < 4.78 is 0. The molecule has 1 heterocycles. The number of pyridine rings is 1. The Bertz CT molecular complexity index is 486. The maximum absolute atomic E-state index is 12.1. The molecule has 1 aromatic heterocycles. The molecule has 0 aliphatic heterocycles. The van der Waals surface area contributed by atoms with Gasteiger partial charge in [-0.15, -0.1) is 0 Å². The lowest BCUT2D eigenvalue weighted by molar-refractivity contribution is 0.0246. The topological polar surface area (TPSA) is 62.2 Å². The molecule has 0 unspecified atom stereocenters. The standard InChI is InChI=1S/C14H18Cl2N2O2/c15-11-8-17-12(16)7-10(11)13(19)18-9-14(20)5-3-1-2-4-6-14/h7-8,20H,1-6,9H2,(H,18,19). The first-order valence-corrected chi connectivity index (χ1v) is 7.57. The van der Waals surface area contributed by atoms with E-state index >= 15 is 0 Å². The second-order valence-corrected chi connectivity index (χ2v) is 6.10. The number of aliphatic hydroxyl groups is 1. The van der Waals surface area contributed by atoms with Gasteiger partial charge in [0, 0.05) is 12.7 Å². The number of nitrogens with one attached hydrogen (secondary N) is 1. The first-order valence-electron chi connectivity index (χ1n) is 6.82. The van der Waals surface area contributed by atoms with E-state index < -0.39 is 5.60 Å². The minimum atomic E-state index is -0.810. The largest absolute Gasteiger partial charge is 0.388 e. The van der Waals surface area contributed by atoms with Gasteiger partial charge in [0.25, 0.3) is 5.91 Å². The summed E-state index contributed by atoms with van der Waals surface area (Å²) in [5, 5.41) is 13.7. The number of rotatable bonds is 3. The van der Waals surface area contributed by atoms with Crippen LogP contribution in [0.5, 0.6) is 0 Å². The van der Waals surface area contributed by atoms with Gasteiger partial charge in [-0.1, -0.05) is 48.9 Å². The summed E-state index contributed by atoms with van der Waals surface area (Å²) in [4.78, 5) is 15.9. The summed E-state index contributed by atoms with van der Waals surface area (Å²) in [6, 6.07) is 1.43. The van der Waals surface area contributed by atoms with Crippen molar-refractivity contribution in [2.75, 3.05) is 6.54 Å². The van der Waals surface area contributed by atoms with E-state index in [-0.39, 0.29) is 28.2 Å². The molecule has 0 bridgehead atoms. The fourth-order valence-corrected chi connectivity index (χ4v) is 2.84. The van der Waals surface area contributed by atoms with E-state index in [0.29, 0.717) is 0 Å². The van der Waals surface area contributed by atoms with Crippen LogP contribution in [-0.2, 0) is 0 Å². The van der Waals surface area contributed by atoms with Crippen molar-refractivity contribution in [1.29, 1.82) is 0 Å². The number of hydrogen-bond donors (Lipinski definition) is 2. The van der Waals surface area contributed by atoms with Crippen molar-refractivity contribution in [1.82, 2.24) is 10.3 Å². The predicted octanol–water partition coefficient (Wildman–Crippen LogP) is 3.20. The minimum Gasteiger partial charge on any atom is -0.388 e. The first kappa shape index (κ1) is 15.5. The Morgan fingerprint density at radius 2 is 1.95 bits per heavy atom. The molecule has 4 nitrogen and oxygen atoms in total. The molecule has 0 atom stereocenters. The summed E-state index contributed by atoms with van der Waals surface area (Å²) in [6.45, 7) is 0.238. The molecule has 110 valence electrons. The van der Waals surface area contributed by atoms with Crippen molar-refractivity contribution in [2.24, 2.45) is 0 Å². The fourth-order valence-electron chi connectivity index (χ4n) is 2.49. The van der Waals surface area contributed by atoms with Gasteiger partial charge < -0.3 is 10.4 Å². The Balaban J connectivity index is 1.99. The SMILES string of the molecule is O=C(NCC1(O)CCCCCC1)c1cc(Cl)ncc1Cl. The Morgan fingerprint density at radius 3 is 2.60 bits per heavy atom. The number of amides is 1. The molecular formula is C14H18Cl2N2O2. The lowest BCUT2D eigenvalue weighted by Crippen LogP contribution is -2.42. The van der Waals surface area contributed by atoms with Crippen molar-refractivity contribution in [3.05, 3.63) is 28.0 Å². The zero-order valence-corrected chi connectivity index (χ0v) is 12.7. The molecule has 0 saturated heterocycles. The third kappa shape index (κ3) is 4.08. The van der Waals surface area contributed by atoms with E-state index in [2.05, 4.69) is 10.3 Å². The highest BCUT2D eigenvalue weighted by Gasteiger charge is 2.28. The molecule has 20 heavy (non-hydrogen) atoms. The molecule has 0 spiro atoms. The highest BCUT2D eigenvalue weighted by molar-refractivity contribution is 6.35. The second kappa shape index (κ2) is 6.74. The van der Waals surface area contributed by atoms with E-state index in [0.717, 1.165) is 38.5 Å². The van der Waals surface area contributed by atoms with Crippen molar-refractivity contribution >= 4 is 29.1 Å². The first-order chi connectivity index (χ1) is 9.50. The van der Waals surface area contributed by atoms with E-state index in [4.69, 9.17) is 23.2 Å². The minimum absolute atomic E-state index is 0.215. The van der Waals surface area contributed by atoms with Crippen molar-refractivity contribution in [3.63, 3.8) is 0 Å². The van der Waals surface area contributed by atoms with Gasteiger partial charge >= 0.3 is 0 Å². The average molecular weight is 317 g/mol. The fraction of sp³-hybridized carbons (Fsp3) is 0.571. The molecule has 1 amide bonds. The third-order valence-electron chi connectivity index (χ3n) is 3.68. The van der Waals surface area contributed by atoms with Crippen LogP contribution < -0.4 is 5.32 Å². The molecule has 1 fully saturated rings. The highest BCUT2D eigenvalue weighted by Crippen LogP contribution is 2.26. The van der Waals surface area contributed by atoms with Crippen LogP contribution in [0.25, 0.3) is 0 Å². The molecule has 1 aliphatic carbocycles. The van der Waals surface area contributed by atoms with Crippen LogP contribution in [0.15, 0.2) is 12.3 Å². The predicted molar refractivity (Wildman–Crippen MR) is 79.2 cm³/mol. The van der Waals surface area contributed by atoms with E-state index in [1.165, 1.54) is 12.3 Å². The van der Waals surface area contributed by atoms with Gasteiger partial charge in [0.2, 0.25) is 0 Å². The van der Waals surface area contributed by atoms with Gasteiger partial charge in [-0.05, 0) is 18.9 Å². The maximum Gasteiger partial charge on any atom is 0.253 e. The molecule has 0 aromatic carbocycles. The van der Waals surface area contributed by atoms with Crippen LogP contribution >= 0.6 is 23.2 Å². The summed E-state index contributed by atoms with van der Waals surface area (Å²) in [6.07, 6.45) is 7.06. The number of hydrogen-bond acceptors (Lipinski definition) is 3. The van der Waals surface area contributed by atoms with Crippen molar-refractivity contribution in [3.8, 4) is 0 Å². The smallest absolute Gasteiger partial charge is 0.253 e. The molecular weight excluding hydrogens is 299 g/mol. The van der Waals surface area contributed by atoms with E-state index in [1.807, 2.05) is 0 Å². The summed E-state index contributed by atoms with van der Waals surface area (Å²) in [5.74, 6) is -0.336. The lowest BCUT2D eigenvalue weighted by Gasteiger charge is -2.26. The van der Waals surface area contributed by atoms with Gasteiger partial charge in [-0.2, -0.15) is 0 Å². The summed E-state index contributed by atoms with van der Waals surface area (Å²) in [7, 11) is 0. The Kier molecular flexibility index (Phi) is 5.24. The van der Waals surface area contributed by atoms with Crippen LogP contribution in [0.2, 0.25) is 10.2 Å². The molecule has 1 saturated carbocycles. The molecule has 1 aliphatic rings. The van der Waals surface area contributed by atoms with Crippen molar-refractivity contribution < 1.29 is 9.90 Å². The molecule has 0 radical (unpaired) electrons. The lowest BCUT2D eigenvalue weighted by atomic mass is 9.94. The Hall–Kier alpha value is -0.840. The van der Waals surface area contributed by atoms with Crippen LogP contribution in [0, 0.1) is 0 Å². The molecule has 6 heteroatoms. The molecule has 1 aromatic rings. The van der Waals surface area contributed by atoms with Crippen LogP contribution in [-0.4, -0.2) is 28.1 Å². The zero-order chi connectivity index (χ0) is 14.6.